The first-order chi connectivity index (χ1) is 18.4. The van der Waals surface area contributed by atoms with Crippen molar-refractivity contribution in [2.24, 2.45) is 34.0 Å². The molecule has 1 aromatic rings. The molecule has 0 spiro atoms. The zero-order valence-electron chi connectivity index (χ0n) is 23.4. The van der Waals surface area contributed by atoms with Gasteiger partial charge in [0.25, 0.3) is 0 Å². The van der Waals surface area contributed by atoms with Gasteiger partial charge in [-0.05, 0) is 55.1 Å². The van der Waals surface area contributed by atoms with E-state index in [1.165, 1.54) is 6.07 Å². The lowest BCUT2D eigenvalue weighted by molar-refractivity contribution is -0.206. The van der Waals surface area contributed by atoms with Crippen LogP contribution in [0.3, 0.4) is 0 Å². The Morgan fingerprint density at radius 1 is 1.26 bits per heavy atom. The average Bonchev–Trinajstić information content (AvgIpc) is 3.50. The van der Waals surface area contributed by atoms with Gasteiger partial charge >= 0.3 is 13.1 Å². The summed E-state index contributed by atoms with van der Waals surface area (Å²) >= 11 is 6.48. The third-order valence-electron chi connectivity index (χ3n) is 10.9. The van der Waals surface area contributed by atoms with E-state index in [0.29, 0.717) is 12.0 Å². The maximum Gasteiger partial charge on any atom is 0.494 e. The molecule has 1 N–H and O–H groups in total. The van der Waals surface area contributed by atoms with Crippen LogP contribution in [0.4, 0.5) is 4.39 Å². The van der Waals surface area contributed by atoms with Gasteiger partial charge in [-0.25, -0.2) is 9.18 Å². The fraction of sp³-hybridized carbons (Fsp3) is 0.724. The van der Waals surface area contributed by atoms with Gasteiger partial charge in [-0.1, -0.05) is 33.8 Å². The predicted octanol–water partition coefficient (Wildman–Crippen LogP) is 4.04. The van der Waals surface area contributed by atoms with Crippen LogP contribution in [0, 0.1) is 39.8 Å². The van der Waals surface area contributed by atoms with Crippen LogP contribution in [-0.2, 0) is 30.3 Å². The molecule has 1 aliphatic heterocycles. The first kappa shape index (κ1) is 28.8. The van der Waals surface area contributed by atoms with Crippen LogP contribution in [0.15, 0.2) is 12.1 Å². The summed E-state index contributed by atoms with van der Waals surface area (Å²) < 4.78 is 37.9. The molecule has 4 aliphatic rings. The molecule has 10 heteroatoms. The van der Waals surface area contributed by atoms with Gasteiger partial charge in [0, 0.05) is 41.1 Å². The Hall–Kier alpha value is -1.68. The number of fused-ring (bicyclic) bond motifs is 1. The number of hydrogen-bond acceptors (Lipinski definition) is 7. The fourth-order valence-electron chi connectivity index (χ4n) is 8.48. The van der Waals surface area contributed by atoms with E-state index in [9.17, 15) is 19.0 Å². The molecule has 0 aromatic heterocycles. The number of esters is 1. The van der Waals surface area contributed by atoms with E-state index >= 15 is 0 Å². The topological polar surface area (TPSA) is 91.3 Å². The number of benzene rings is 1. The van der Waals surface area contributed by atoms with Crippen molar-refractivity contribution in [2.45, 2.75) is 78.6 Å². The monoisotopic (exact) mass is 564 g/mol. The number of rotatable bonds is 6. The van der Waals surface area contributed by atoms with E-state index < -0.39 is 42.4 Å². The lowest BCUT2D eigenvalue weighted by Gasteiger charge is -2.61. The first-order valence-electron chi connectivity index (χ1n) is 14.0. The highest BCUT2D eigenvalue weighted by molar-refractivity contribution is 6.61. The molecule has 0 amide bonds. The summed E-state index contributed by atoms with van der Waals surface area (Å²) in [5.74, 6) is -1.25. The molecule has 1 aromatic carbocycles. The van der Waals surface area contributed by atoms with Crippen molar-refractivity contribution < 1.29 is 37.9 Å². The summed E-state index contributed by atoms with van der Waals surface area (Å²) in [5, 5.41) is 9.94. The highest BCUT2D eigenvalue weighted by atomic mass is 35.5. The number of ether oxygens (including phenoxy) is 3. The molecule has 3 fully saturated rings. The largest absolute Gasteiger partial charge is 0.494 e. The molecule has 3 saturated carbocycles. The summed E-state index contributed by atoms with van der Waals surface area (Å²) in [5.41, 5.74) is -1.01. The maximum atomic E-state index is 15.0. The van der Waals surface area contributed by atoms with Crippen molar-refractivity contribution >= 4 is 35.9 Å². The Bertz CT molecular complexity index is 1150. The van der Waals surface area contributed by atoms with Gasteiger partial charge in [-0.2, -0.15) is 0 Å². The predicted molar refractivity (Wildman–Crippen MR) is 144 cm³/mol. The van der Waals surface area contributed by atoms with E-state index in [1.54, 1.807) is 13.2 Å². The summed E-state index contributed by atoms with van der Waals surface area (Å²) in [4.78, 5) is 27.3. The van der Waals surface area contributed by atoms with E-state index in [2.05, 4.69) is 20.8 Å². The molecular weight excluding hydrogens is 526 g/mol. The number of halogens is 2. The van der Waals surface area contributed by atoms with Gasteiger partial charge in [0.1, 0.15) is 11.9 Å². The minimum Gasteiger partial charge on any atom is -0.479 e. The SMILES string of the molecule is CO[C@@H]1CC[C@@]23CC[C@@H](C)[C@@](C)([C@H](OC(=O)COc4ccc5c(c4F)B(O)OC5)C[C@@](C)(CCl)C(=O)[C@@H]2C)[C@@H]13. The number of methoxy groups -OCH3 is 1. The Kier molecular flexibility index (Phi) is 7.62. The minimum absolute atomic E-state index is 0.0260. The molecular formula is C29H39BClFO7. The Balaban J connectivity index is 1.45. The van der Waals surface area contributed by atoms with Crippen molar-refractivity contribution in [1.29, 1.82) is 0 Å². The Morgan fingerprint density at radius 2 is 1.97 bits per heavy atom. The molecule has 1 heterocycles. The molecule has 7 nitrogen and oxygen atoms in total. The van der Waals surface area contributed by atoms with Crippen molar-refractivity contribution in [3.05, 3.63) is 23.5 Å². The fourth-order valence-corrected chi connectivity index (χ4v) is 8.72. The van der Waals surface area contributed by atoms with Gasteiger partial charge in [-0.3, -0.25) is 4.79 Å². The number of alkyl halides is 1. The van der Waals surface area contributed by atoms with Crippen LogP contribution in [-0.4, -0.2) is 55.7 Å². The average molecular weight is 565 g/mol. The quantitative estimate of drug-likeness (QED) is 0.317. The second kappa shape index (κ2) is 10.3. The molecule has 0 unspecified atom stereocenters. The van der Waals surface area contributed by atoms with E-state index in [1.807, 2.05) is 6.92 Å². The number of ketones is 1. The van der Waals surface area contributed by atoms with Crippen molar-refractivity contribution in [2.75, 3.05) is 19.6 Å². The van der Waals surface area contributed by atoms with Gasteiger partial charge in [0.15, 0.2) is 18.2 Å². The lowest BCUT2D eigenvalue weighted by atomic mass is 9.44. The van der Waals surface area contributed by atoms with Gasteiger partial charge in [0.05, 0.1) is 12.7 Å². The Morgan fingerprint density at radius 3 is 2.67 bits per heavy atom. The third-order valence-corrected chi connectivity index (χ3v) is 11.5. The van der Waals surface area contributed by atoms with Crippen LogP contribution in [0.2, 0.25) is 0 Å². The molecule has 0 radical (unpaired) electrons. The summed E-state index contributed by atoms with van der Waals surface area (Å²) in [6.45, 7) is 7.92. The van der Waals surface area contributed by atoms with Crippen LogP contribution < -0.4 is 10.2 Å². The van der Waals surface area contributed by atoms with Gasteiger partial charge in [-0.15, -0.1) is 11.6 Å². The first-order valence-corrected chi connectivity index (χ1v) is 14.5. The molecule has 214 valence electrons. The molecule has 5 rings (SSSR count). The van der Waals surface area contributed by atoms with Gasteiger partial charge in [0.2, 0.25) is 0 Å². The maximum absolute atomic E-state index is 15.0. The highest BCUT2D eigenvalue weighted by Crippen LogP contribution is 2.68. The lowest BCUT2D eigenvalue weighted by Crippen LogP contribution is -2.63. The van der Waals surface area contributed by atoms with E-state index in [0.717, 1.165) is 25.7 Å². The van der Waals surface area contributed by atoms with E-state index in [-0.39, 0.29) is 58.8 Å². The molecule has 8 atom stereocenters. The van der Waals surface area contributed by atoms with Crippen LogP contribution in [0.25, 0.3) is 0 Å². The zero-order valence-corrected chi connectivity index (χ0v) is 24.2. The molecule has 39 heavy (non-hydrogen) atoms. The number of carbonyl (C=O) groups excluding carboxylic acids is 2. The highest BCUT2D eigenvalue weighted by Gasteiger charge is 2.68. The van der Waals surface area contributed by atoms with Crippen molar-refractivity contribution in [3.63, 3.8) is 0 Å². The Labute approximate surface area is 235 Å². The molecule has 0 saturated heterocycles. The summed E-state index contributed by atoms with van der Waals surface area (Å²) in [6, 6.07) is 3.03. The van der Waals surface area contributed by atoms with Crippen LogP contribution >= 0.6 is 11.6 Å². The zero-order chi connectivity index (χ0) is 28.3. The van der Waals surface area contributed by atoms with E-state index in [4.69, 9.17) is 30.5 Å². The number of Topliss-reactive ketones (excluding diaryl/α,β-unsaturated/α-hetero) is 1. The van der Waals surface area contributed by atoms with Crippen molar-refractivity contribution in [3.8, 4) is 5.75 Å². The second-order valence-corrected chi connectivity index (χ2v) is 13.0. The second-order valence-electron chi connectivity index (χ2n) is 12.7. The smallest absolute Gasteiger partial charge is 0.479 e. The van der Waals surface area contributed by atoms with Gasteiger partial charge < -0.3 is 23.9 Å². The third kappa shape index (κ3) is 4.34. The minimum atomic E-state index is -1.37. The van der Waals surface area contributed by atoms with Crippen LogP contribution in [0.1, 0.15) is 65.4 Å². The standard InChI is InChI=1S/C29H39BClFO7/c1-16-8-10-29-11-9-20(36-5)25(29)28(16,4)21(12-27(3,15-31)26(34)17(29)2)39-22(33)14-37-19-7-6-18-13-38-30(35)23(18)24(19)32/h6-7,16-17,20-21,25,35H,8-15H2,1-5H3/t16-,17+,20-,21-,25-,27+,28+,29+/m1/s1. The number of carbonyl (C=O) groups is 2. The van der Waals surface area contributed by atoms with Crippen molar-refractivity contribution in [1.82, 2.24) is 0 Å². The normalized spacial score (nSPS) is 39.5. The summed E-state index contributed by atoms with van der Waals surface area (Å²) in [7, 11) is 0.357. The van der Waals surface area contributed by atoms with Crippen LogP contribution in [0.5, 0.6) is 5.75 Å². The molecule has 2 bridgehead atoms. The molecule has 3 aliphatic carbocycles. The number of hydrogen-bond donors (Lipinski definition) is 1. The summed E-state index contributed by atoms with van der Waals surface area (Å²) in [6.07, 6.45) is 3.25.